The lowest BCUT2D eigenvalue weighted by Gasteiger charge is -2.06. The third kappa shape index (κ3) is 2.33. The molecular formula is C13H12FN3O. The van der Waals surface area contributed by atoms with Gasteiger partial charge in [-0.25, -0.2) is 4.39 Å². The molecule has 5 heteroatoms. The van der Waals surface area contributed by atoms with Crippen LogP contribution in [0.25, 0.3) is 0 Å². The van der Waals surface area contributed by atoms with Gasteiger partial charge in [-0.2, -0.15) is 10.4 Å². The van der Waals surface area contributed by atoms with E-state index in [1.54, 1.807) is 23.0 Å². The normalized spacial score (nSPS) is 10.4. The van der Waals surface area contributed by atoms with Crippen LogP contribution in [0.15, 0.2) is 30.6 Å². The summed E-state index contributed by atoms with van der Waals surface area (Å²) >= 11 is 0. The summed E-state index contributed by atoms with van der Waals surface area (Å²) in [6.07, 6.45) is 3.24. The Balaban J connectivity index is 2.29. The molecule has 0 unspecified atom stereocenters. The maximum atomic E-state index is 13.4. The molecule has 0 amide bonds. The highest BCUT2D eigenvalue weighted by Gasteiger charge is 2.11. The fourth-order valence-corrected chi connectivity index (χ4v) is 1.48. The van der Waals surface area contributed by atoms with Crippen LogP contribution >= 0.6 is 0 Å². The minimum atomic E-state index is -0.591. The van der Waals surface area contributed by atoms with Crippen LogP contribution in [-0.4, -0.2) is 9.78 Å². The van der Waals surface area contributed by atoms with Gasteiger partial charge in [-0.3, -0.25) is 4.68 Å². The Labute approximate surface area is 104 Å². The van der Waals surface area contributed by atoms with Crippen LogP contribution in [0.3, 0.4) is 0 Å². The molecule has 0 saturated heterocycles. The van der Waals surface area contributed by atoms with E-state index in [0.717, 1.165) is 0 Å². The molecule has 18 heavy (non-hydrogen) atoms. The molecule has 0 aliphatic heterocycles. The fraction of sp³-hybridized carbons (Fsp3) is 0.231. The Kier molecular flexibility index (Phi) is 3.28. The minimum absolute atomic E-state index is 0.102. The van der Waals surface area contributed by atoms with E-state index in [2.05, 4.69) is 5.10 Å². The second kappa shape index (κ2) is 4.88. The first kappa shape index (κ1) is 12.1. The summed E-state index contributed by atoms with van der Waals surface area (Å²) in [5, 5.41) is 13.0. The lowest BCUT2D eigenvalue weighted by molar-refractivity contribution is 0.470. The first-order valence-electron chi connectivity index (χ1n) is 5.52. The molecule has 1 aromatic carbocycles. The molecule has 0 atom stereocenters. The molecule has 0 saturated carbocycles. The fourth-order valence-electron chi connectivity index (χ4n) is 1.48. The Morgan fingerprint density at radius 1 is 1.44 bits per heavy atom. The molecular weight excluding hydrogens is 233 g/mol. The molecule has 4 nitrogen and oxygen atoms in total. The Morgan fingerprint density at radius 2 is 2.22 bits per heavy atom. The first-order chi connectivity index (χ1) is 8.61. The summed E-state index contributed by atoms with van der Waals surface area (Å²) in [7, 11) is 0. The predicted octanol–water partition coefficient (Wildman–Crippen LogP) is 3.27. The molecule has 92 valence electrons. The van der Waals surface area contributed by atoms with Crippen LogP contribution in [0.1, 0.15) is 25.5 Å². The average molecular weight is 245 g/mol. The van der Waals surface area contributed by atoms with Gasteiger partial charge in [-0.15, -0.1) is 0 Å². The van der Waals surface area contributed by atoms with Crippen LogP contribution in [0.5, 0.6) is 11.5 Å². The van der Waals surface area contributed by atoms with Crippen molar-refractivity contribution in [2.45, 2.75) is 19.9 Å². The van der Waals surface area contributed by atoms with E-state index in [9.17, 15) is 4.39 Å². The Morgan fingerprint density at radius 3 is 2.83 bits per heavy atom. The van der Waals surface area contributed by atoms with Crippen molar-refractivity contribution in [2.75, 3.05) is 0 Å². The molecule has 1 heterocycles. The van der Waals surface area contributed by atoms with Crippen LogP contribution in [0.2, 0.25) is 0 Å². The molecule has 0 aliphatic rings. The summed E-state index contributed by atoms with van der Waals surface area (Å²) < 4.78 is 20.6. The van der Waals surface area contributed by atoms with Gasteiger partial charge in [0.25, 0.3) is 0 Å². The van der Waals surface area contributed by atoms with E-state index in [-0.39, 0.29) is 17.4 Å². The van der Waals surface area contributed by atoms with Gasteiger partial charge in [0.15, 0.2) is 5.75 Å². The van der Waals surface area contributed by atoms with Gasteiger partial charge in [0.05, 0.1) is 12.4 Å². The van der Waals surface area contributed by atoms with Crippen LogP contribution < -0.4 is 4.74 Å². The molecule has 1 aromatic heterocycles. The lowest BCUT2D eigenvalue weighted by Crippen LogP contribution is -1.99. The number of nitriles is 1. The Hall–Kier alpha value is -2.35. The number of aromatic nitrogens is 2. The van der Waals surface area contributed by atoms with E-state index in [4.69, 9.17) is 10.00 Å². The molecule has 0 radical (unpaired) electrons. The number of ether oxygens (including phenoxy) is 1. The SMILES string of the molecule is CC(C)n1cc(Oc2cccc(F)c2C#N)cn1. The monoisotopic (exact) mass is 245 g/mol. The highest BCUT2D eigenvalue weighted by molar-refractivity contribution is 5.45. The molecule has 2 aromatic rings. The standard InChI is InChI=1S/C13H12FN3O/c1-9(2)17-8-10(7-16-17)18-13-5-3-4-12(14)11(13)6-15/h3-5,7-9H,1-2H3. The molecule has 0 fully saturated rings. The van der Waals surface area contributed by atoms with Crippen LogP contribution in [0.4, 0.5) is 4.39 Å². The second-order valence-corrected chi connectivity index (χ2v) is 4.08. The molecule has 0 aliphatic carbocycles. The van der Waals surface area contributed by atoms with Gasteiger partial charge < -0.3 is 4.74 Å². The van der Waals surface area contributed by atoms with E-state index < -0.39 is 5.82 Å². The van der Waals surface area contributed by atoms with Crippen molar-refractivity contribution < 1.29 is 9.13 Å². The summed E-state index contributed by atoms with van der Waals surface area (Å²) in [4.78, 5) is 0. The number of rotatable bonds is 3. The van der Waals surface area contributed by atoms with Crippen molar-refractivity contribution in [1.82, 2.24) is 9.78 Å². The van der Waals surface area contributed by atoms with Crippen molar-refractivity contribution in [2.24, 2.45) is 0 Å². The summed E-state index contributed by atoms with van der Waals surface area (Å²) in [6, 6.07) is 6.27. The number of hydrogen-bond donors (Lipinski definition) is 0. The highest BCUT2D eigenvalue weighted by Crippen LogP contribution is 2.26. The Bertz CT molecular complexity index is 599. The molecule has 0 N–H and O–H groups in total. The molecule has 0 spiro atoms. The predicted molar refractivity (Wildman–Crippen MR) is 63.8 cm³/mol. The maximum Gasteiger partial charge on any atom is 0.165 e. The zero-order valence-corrected chi connectivity index (χ0v) is 10.1. The van der Waals surface area contributed by atoms with Gasteiger partial charge in [-0.05, 0) is 26.0 Å². The third-order valence-corrected chi connectivity index (χ3v) is 2.42. The van der Waals surface area contributed by atoms with E-state index in [1.807, 2.05) is 13.8 Å². The van der Waals surface area contributed by atoms with Crippen molar-refractivity contribution >= 4 is 0 Å². The smallest absolute Gasteiger partial charge is 0.165 e. The zero-order valence-electron chi connectivity index (χ0n) is 10.1. The zero-order chi connectivity index (χ0) is 13.1. The summed E-state index contributed by atoms with van der Waals surface area (Å²) in [5.74, 6) is 0.0813. The quantitative estimate of drug-likeness (QED) is 0.833. The number of benzene rings is 1. The van der Waals surface area contributed by atoms with Gasteiger partial charge in [0.2, 0.25) is 0 Å². The van der Waals surface area contributed by atoms with Crippen LogP contribution in [0, 0.1) is 17.1 Å². The van der Waals surface area contributed by atoms with E-state index >= 15 is 0 Å². The number of nitrogens with zero attached hydrogens (tertiary/aromatic N) is 3. The highest BCUT2D eigenvalue weighted by atomic mass is 19.1. The minimum Gasteiger partial charge on any atom is -0.453 e. The molecule has 2 rings (SSSR count). The topological polar surface area (TPSA) is 50.8 Å². The van der Waals surface area contributed by atoms with E-state index in [1.165, 1.54) is 18.3 Å². The van der Waals surface area contributed by atoms with Crippen molar-refractivity contribution in [3.05, 3.63) is 42.0 Å². The molecule has 0 bridgehead atoms. The summed E-state index contributed by atoms with van der Waals surface area (Å²) in [6.45, 7) is 3.97. The van der Waals surface area contributed by atoms with Gasteiger partial charge in [-0.1, -0.05) is 6.07 Å². The van der Waals surface area contributed by atoms with Crippen molar-refractivity contribution in [1.29, 1.82) is 5.26 Å². The van der Waals surface area contributed by atoms with Gasteiger partial charge in [0, 0.05) is 6.04 Å². The van der Waals surface area contributed by atoms with Gasteiger partial charge in [0.1, 0.15) is 23.2 Å². The lowest BCUT2D eigenvalue weighted by atomic mass is 10.2. The maximum absolute atomic E-state index is 13.4. The number of hydrogen-bond acceptors (Lipinski definition) is 3. The van der Waals surface area contributed by atoms with Crippen molar-refractivity contribution in [3.63, 3.8) is 0 Å². The van der Waals surface area contributed by atoms with Crippen molar-refractivity contribution in [3.8, 4) is 17.6 Å². The average Bonchev–Trinajstić information content (AvgIpc) is 2.78. The summed E-state index contributed by atoms with van der Waals surface area (Å²) in [5.41, 5.74) is -0.102. The van der Waals surface area contributed by atoms with E-state index in [0.29, 0.717) is 5.75 Å². The van der Waals surface area contributed by atoms with Crippen LogP contribution in [-0.2, 0) is 0 Å². The third-order valence-electron chi connectivity index (χ3n) is 2.42. The second-order valence-electron chi connectivity index (χ2n) is 4.08. The number of halogens is 1. The first-order valence-corrected chi connectivity index (χ1v) is 5.52. The largest absolute Gasteiger partial charge is 0.453 e. The van der Waals surface area contributed by atoms with Gasteiger partial charge >= 0.3 is 0 Å².